The fraction of sp³-hybridized carbons (Fsp3) is 0.263. The molecule has 0 radical (unpaired) electrons. The molecule has 0 fully saturated rings. The number of hydrogen-bond donors (Lipinski definition) is 2. The number of nitrogens with zero attached hydrogens (tertiary/aromatic N) is 1. The molecule has 5 nitrogen and oxygen atoms in total. The summed E-state index contributed by atoms with van der Waals surface area (Å²) < 4.78 is 0. The molecule has 2 aromatic rings. The molecule has 0 spiro atoms. The number of para-hydroxylation sites is 1. The predicted octanol–water partition coefficient (Wildman–Crippen LogP) is 3.03. The van der Waals surface area contributed by atoms with E-state index < -0.39 is 0 Å². The Hall–Kier alpha value is -2.82. The van der Waals surface area contributed by atoms with Gasteiger partial charge in [0.2, 0.25) is 11.8 Å². The van der Waals surface area contributed by atoms with Crippen LogP contribution in [-0.2, 0) is 16.0 Å². The highest BCUT2D eigenvalue weighted by molar-refractivity contribution is 5.95. The Balaban J connectivity index is 1.63. The van der Waals surface area contributed by atoms with Gasteiger partial charge in [0.25, 0.3) is 0 Å². The third-order valence-electron chi connectivity index (χ3n) is 4.15. The van der Waals surface area contributed by atoms with Gasteiger partial charge in [-0.05, 0) is 49.2 Å². The second-order valence-electron chi connectivity index (χ2n) is 6.12. The van der Waals surface area contributed by atoms with E-state index in [2.05, 4.69) is 34.6 Å². The van der Waals surface area contributed by atoms with E-state index in [1.54, 1.807) is 24.3 Å². The van der Waals surface area contributed by atoms with E-state index in [0.717, 1.165) is 12.1 Å². The van der Waals surface area contributed by atoms with Crippen molar-refractivity contribution in [3.63, 3.8) is 0 Å². The van der Waals surface area contributed by atoms with E-state index in [1.807, 2.05) is 12.1 Å². The topological polar surface area (TPSA) is 61.4 Å². The molecule has 0 aliphatic carbocycles. The Kier molecular flexibility index (Phi) is 4.51. The normalized spacial score (nSPS) is 15.8. The number of rotatable bonds is 4. The van der Waals surface area contributed by atoms with Crippen LogP contribution in [0.3, 0.4) is 0 Å². The minimum absolute atomic E-state index is 0.0502. The molecule has 0 saturated heterocycles. The number of fused-ring (bicyclic) bond motifs is 1. The quantitative estimate of drug-likeness (QED) is 0.909. The van der Waals surface area contributed by atoms with Crippen LogP contribution in [0.2, 0.25) is 0 Å². The van der Waals surface area contributed by atoms with Crippen molar-refractivity contribution in [2.24, 2.45) is 0 Å². The van der Waals surface area contributed by atoms with Crippen LogP contribution in [0.1, 0.15) is 19.4 Å². The van der Waals surface area contributed by atoms with Gasteiger partial charge < -0.3 is 15.5 Å². The lowest BCUT2D eigenvalue weighted by molar-refractivity contribution is -0.115. The number of carbonyl (C=O) groups excluding carboxylic acids is 2. The lowest BCUT2D eigenvalue weighted by Gasteiger charge is -2.24. The van der Waals surface area contributed by atoms with Crippen LogP contribution >= 0.6 is 0 Å². The third kappa shape index (κ3) is 3.56. The molecule has 2 amide bonds. The molecular weight excluding hydrogens is 302 g/mol. The molecule has 1 atom stereocenters. The van der Waals surface area contributed by atoms with Gasteiger partial charge in [-0.1, -0.05) is 18.2 Å². The second kappa shape index (κ2) is 6.74. The zero-order valence-corrected chi connectivity index (χ0v) is 13.9. The van der Waals surface area contributed by atoms with Crippen LogP contribution in [0.4, 0.5) is 17.1 Å². The van der Waals surface area contributed by atoms with Crippen LogP contribution in [0, 0.1) is 0 Å². The molecule has 2 N–H and O–H groups in total. The number of nitrogens with one attached hydrogen (secondary N) is 2. The van der Waals surface area contributed by atoms with Crippen molar-refractivity contribution in [3.8, 4) is 0 Å². The maximum Gasteiger partial charge on any atom is 0.243 e. The van der Waals surface area contributed by atoms with Crippen molar-refractivity contribution >= 4 is 28.9 Å². The molecular formula is C19H21N3O2. The predicted molar refractivity (Wildman–Crippen MR) is 96.3 cm³/mol. The Morgan fingerprint density at radius 1 is 1.04 bits per heavy atom. The highest BCUT2D eigenvalue weighted by atomic mass is 16.2. The minimum atomic E-state index is -0.117. The fourth-order valence-corrected chi connectivity index (χ4v) is 3.07. The maximum atomic E-state index is 12.4. The van der Waals surface area contributed by atoms with E-state index >= 15 is 0 Å². The zero-order chi connectivity index (χ0) is 17.1. The molecule has 2 aromatic carbocycles. The summed E-state index contributed by atoms with van der Waals surface area (Å²) in [6.45, 7) is 3.92. The maximum absolute atomic E-state index is 12.4. The number of benzene rings is 2. The first-order chi connectivity index (χ1) is 11.5. The largest absolute Gasteiger partial charge is 0.359 e. The summed E-state index contributed by atoms with van der Waals surface area (Å²) >= 11 is 0. The molecule has 24 heavy (non-hydrogen) atoms. The van der Waals surface area contributed by atoms with Gasteiger partial charge in [-0.3, -0.25) is 9.59 Å². The highest BCUT2D eigenvalue weighted by Crippen LogP contribution is 2.31. The standard InChI is InChI=1S/C19H21N3O2/c1-13-11-15-5-3-4-6-18(15)22(13)12-19(24)21-17-9-7-16(8-10-17)20-14(2)23/h3-10,13H,11-12H2,1-2H3,(H,20,23)(H,21,24)/t13-/m1/s1. The average molecular weight is 323 g/mol. The lowest BCUT2D eigenvalue weighted by atomic mass is 10.1. The van der Waals surface area contributed by atoms with Gasteiger partial charge in [-0.15, -0.1) is 0 Å². The van der Waals surface area contributed by atoms with Crippen LogP contribution in [-0.4, -0.2) is 24.4 Å². The SMILES string of the molecule is CC(=O)Nc1ccc(NC(=O)CN2c3ccccc3C[C@H]2C)cc1. The molecule has 124 valence electrons. The van der Waals surface area contributed by atoms with E-state index in [9.17, 15) is 9.59 Å². The van der Waals surface area contributed by atoms with Crippen molar-refractivity contribution < 1.29 is 9.59 Å². The van der Waals surface area contributed by atoms with Gasteiger partial charge in [-0.25, -0.2) is 0 Å². The lowest BCUT2D eigenvalue weighted by Crippen LogP contribution is -2.37. The summed E-state index contributed by atoms with van der Waals surface area (Å²) in [5.41, 5.74) is 3.86. The Morgan fingerprint density at radius 3 is 2.33 bits per heavy atom. The zero-order valence-electron chi connectivity index (χ0n) is 13.9. The highest BCUT2D eigenvalue weighted by Gasteiger charge is 2.26. The van der Waals surface area contributed by atoms with Gasteiger partial charge in [0, 0.05) is 30.0 Å². The molecule has 0 bridgehead atoms. The Morgan fingerprint density at radius 2 is 1.67 bits per heavy atom. The van der Waals surface area contributed by atoms with E-state index in [1.165, 1.54) is 12.5 Å². The molecule has 0 saturated carbocycles. The number of anilines is 3. The number of hydrogen-bond acceptors (Lipinski definition) is 3. The van der Waals surface area contributed by atoms with E-state index in [0.29, 0.717) is 24.0 Å². The molecule has 0 aromatic heterocycles. The van der Waals surface area contributed by atoms with Crippen molar-refractivity contribution in [1.29, 1.82) is 0 Å². The summed E-state index contributed by atoms with van der Waals surface area (Å²) in [5, 5.41) is 5.61. The van der Waals surface area contributed by atoms with Gasteiger partial charge >= 0.3 is 0 Å². The van der Waals surface area contributed by atoms with Crippen LogP contribution in [0.25, 0.3) is 0 Å². The van der Waals surface area contributed by atoms with Gasteiger partial charge in [0.05, 0.1) is 6.54 Å². The van der Waals surface area contributed by atoms with Gasteiger partial charge in [0.15, 0.2) is 0 Å². The monoisotopic (exact) mass is 323 g/mol. The van der Waals surface area contributed by atoms with Crippen molar-refractivity contribution in [3.05, 3.63) is 54.1 Å². The summed E-state index contributed by atoms with van der Waals surface area (Å²) in [5.74, 6) is -0.167. The summed E-state index contributed by atoms with van der Waals surface area (Å²) in [7, 11) is 0. The molecule has 5 heteroatoms. The average Bonchev–Trinajstić information content (AvgIpc) is 2.85. The summed E-state index contributed by atoms with van der Waals surface area (Å²) in [6.07, 6.45) is 0.967. The fourth-order valence-electron chi connectivity index (χ4n) is 3.07. The summed E-state index contributed by atoms with van der Waals surface area (Å²) in [6, 6.07) is 15.6. The minimum Gasteiger partial charge on any atom is -0.359 e. The molecule has 1 heterocycles. The number of carbonyl (C=O) groups is 2. The first kappa shape index (κ1) is 16.1. The smallest absolute Gasteiger partial charge is 0.243 e. The van der Waals surface area contributed by atoms with Crippen LogP contribution < -0.4 is 15.5 Å². The van der Waals surface area contributed by atoms with Gasteiger partial charge in [-0.2, -0.15) is 0 Å². The van der Waals surface area contributed by atoms with Crippen molar-refractivity contribution in [2.75, 3.05) is 22.1 Å². The van der Waals surface area contributed by atoms with Crippen LogP contribution in [0.5, 0.6) is 0 Å². The molecule has 1 aliphatic heterocycles. The second-order valence-corrected chi connectivity index (χ2v) is 6.12. The Bertz CT molecular complexity index is 755. The molecule has 0 unspecified atom stereocenters. The first-order valence-corrected chi connectivity index (χ1v) is 8.05. The van der Waals surface area contributed by atoms with Gasteiger partial charge in [0.1, 0.15) is 0 Å². The molecule has 1 aliphatic rings. The first-order valence-electron chi connectivity index (χ1n) is 8.05. The van der Waals surface area contributed by atoms with Crippen molar-refractivity contribution in [1.82, 2.24) is 0 Å². The van der Waals surface area contributed by atoms with E-state index in [4.69, 9.17) is 0 Å². The van der Waals surface area contributed by atoms with Crippen molar-refractivity contribution in [2.45, 2.75) is 26.3 Å². The molecule has 3 rings (SSSR count). The number of amides is 2. The third-order valence-corrected chi connectivity index (χ3v) is 4.15. The Labute approximate surface area is 141 Å². The summed E-state index contributed by atoms with van der Waals surface area (Å²) in [4.78, 5) is 25.5. The van der Waals surface area contributed by atoms with Crippen LogP contribution in [0.15, 0.2) is 48.5 Å². The van der Waals surface area contributed by atoms with E-state index in [-0.39, 0.29) is 11.8 Å².